The molecule has 1 heterocycles. The van der Waals surface area contributed by atoms with Crippen LogP contribution in [0.25, 0.3) is 0 Å². The van der Waals surface area contributed by atoms with Gasteiger partial charge in [0.15, 0.2) is 9.84 Å². The van der Waals surface area contributed by atoms with Gasteiger partial charge in [0.2, 0.25) is 10.0 Å². The Balaban J connectivity index is 1.96. The second kappa shape index (κ2) is 8.48. The molecule has 1 fully saturated rings. The van der Waals surface area contributed by atoms with Crippen LogP contribution >= 0.6 is 0 Å². The van der Waals surface area contributed by atoms with E-state index in [2.05, 4.69) is 10.0 Å². The van der Waals surface area contributed by atoms with Crippen molar-refractivity contribution in [2.24, 2.45) is 5.92 Å². The highest BCUT2D eigenvalue weighted by Gasteiger charge is 2.26. The van der Waals surface area contributed by atoms with Gasteiger partial charge >= 0.3 is 0 Å². The molecule has 0 spiro atoms. The number of hydrogen-bond acceptors (Lipinski definition) is 6. The van der Waals surface area contributed by atoms with Gasteiger partial charge in [-0.2, -0.15) is 0 Å². The highest BCUT2D eigenvalue weighted by Crippen LogP contribution is 2.18. The fourth-order valence-corrected chi connectivity index (χ4v) is 4.53. The third-order valence-corrected chi connectivity index (χ3v) is 7.55. The molecule has 2 unspecified atom stereocenters. The van der Waals surface area contributed by atoms with E-state index < -0.39 is 19.9 Å². The first-order chi connectivity index (χ1) is 11.7. The molecule has 1 aliphatic rings. The Morgan fingerprint density at radius 2 is 1.88 bits per heavy atom. The molecule has 9 heteroatoms. The first-order valence-corrected chi connectivity index (χ1v) is 11.7. The van der Waals surface area contributed by atoms with Crippen molar-refractivity contribution >= 4 is 19.9 Å². The van der Waals surface area contributed by atoms with Gasteiger partial charge in [0, 0.05) is 18.3 Å². The van der Waals surface area contributed by atoms with E-state index in [0.717, 1.165) is 13.0 Å². The molecule has 0 bridgehead atoms. The lowest BCUT2D eigenvalue weighted by molar-refractivity contribution is 0.327. The SMILES string of the molecule is CCS(=O)(=O)CCOc1ccc(S(=O)(=O)NC2CNCCC2C)cc1. The lowest BCUT2D eigenvalue weighted by Gasteiger charge is -2.29. The molecule has 1 aliphatic heterocycles. The van der Waals surface area contributed by atoms with Crippen molar-refractivity contribution in [1.82, 2.24) is 10.0 Å². The van der Waals surface area contributed by atoms with Gasteiger partial charge in [-0.1, -0.05) is 13.8 Å². The summed E-state index contributed by atoms with van der Waals surface area (Å²) in [5.41, 5.74) is 0. The van der Waals surface area contributed by atoms with Gasteiger partial charge < -0.3 is 10.1 Å². The Bertz CT molecular complexity index is 760. The highest BCUT2D eigenvalue weighted by atomic mass is 32.2. The number of piperidine rings is 1. The summed E-state index contributed by atoms with van der Waals surface area (Å²) in [4.78, 5) is 0.166. The molecule has 0 amide bonds. The summed E-state index contributed by atoms with van der Waals surface area (Å²) >= 11 is 0. The Kier molecular flexibility index (Phi) is 6.84. The second-order valence-corrected chi connectivity index (χ2v) is 10.4. The van der Waals surface area contributed by atoms with Gasteiger partial charge in [-0.3, -0.25) is 0 Å². The molecule has 1 aromatic rings. The van der Waals surface area contributed by atoms with Gasteiger partial charge in [-0.15, -0.1) is 0 Å². The van der Waals surface area contributed by atoms with Gasteiger partial charge in [0.1, 0.15) is 12.4 Å². The lowest BCUT2D eigenvalue weighted by atomic mass is 9.96. The number of benzene rings is 1. The van der Waals surface area contributed by atoms with E-state index in [0.29, 0.717) is 12.3 Å². The third-order valence-electron chi connectivity index (χ3n) is 4.37. The van der Waals surface area contributed by atoms with E-state index in [1.165, 1.54) is 24.3 Å². The summed E-state index contributed by atoms with van der Waals surface area (Å²) in [6, 6.07) is 5.87. The van der Waals surface area contributed by atoms with Crippen molar-refractivity contribution < 1.29 is 21.6 Å². The number of ether oxygens (including phenoxy) is 1. The van der Waals surface area contributed by atoms with Crippen LogP contribution in [0, 0.1) is 5.92 Å². The van der Waals surface area contributed by atoms with Crippen molar-refractivity contribution in [2.45, 2.75) is 31.2 Å². The molecule has 0 saturated carbocycles. The number of sulfonamides is 1. The molecule has 142 valence electrons. The van der Waals surface area contributed by atoms with Crippen LogP contribution in [0.1, 0.15) is 20.3 Å². The van der Waals surface area contributed by atoms with Crippen LogP contribution in [0.3, 0.4) is 0 Å². The molecule has 1 saturated heterocycles. The molecule has 1 aromatic carbocycles. The van der Waals surface area contributed by atoms with Crippen molar-refractivity contribution in [1.29, 1.82) is 0 Å². The zero-order chi connectivity index (χ0) is 18.5. The number of nitrogens with one attached hydrogen (secondary N) is 2. The third kappa shape index (κ3) is 5.95. The van der Waals surface area contributed by atoms with Gasteiger partial charge in [-0.25, -0.2) is 21.6 Å². The van der Waals surface area contributed by atoms with E-state index >= 15 is 0 Å². The van der Waals surface area contributed by atoms with Crippen LogP contribution in [0.4, 0.5) is 0 Å². The molecule has 0 aliphatic carbocycles. The Labute approximate surface area is 150 Å². The molecule has 2 N–H and O–H groups in total. The molecular formula is C16H26N2O5S2. The minimum Gasteiger partial charge on any atom is -0.493 e. The fraction of sp³-hybridized carbons (Fsp3) is 0.625. The zero-order valence-corrected chi connectivity index (χ0v) is 16.2. The largest absolute Gasteiger partial charge is 0.493 e. The fourth-order valence-electron chi connectivity index (χ4n) is 2.56. The zero-order valence-electron chi connectivity index (χ0n) is 14.6. The van der Waals surface area contributed by atoms with Crippen LogP contribution in [0.15, 0.2) is 29.2 Å². The summed E-state index contributed by atoms with van der Waals surface area (Å²) < 4.78 is 55.9. The average molecular weight is 391 g/mol. The monoisotopic (exact) mass is 390 g/mol. The number of hydrogen-bond donors (Lipinski definition) is 2. The van der Waals surface area contributed by atoms with Crippen LogP contribution in [0.5, 0.6) is 5.75 Å². The Morgan fingerprint density at radius 1 is 1.20 bits per heavy atom. The molecule has 2 atom stereocenters. The summed E-state index contributed by atoms with van der Waals surface area (Å²) in [6.07, 6.45) is 0.931. The molecule has 0 radical (unpaired) electrons. The predicted molar refractivity (Wildman–Crippen MR) is 97.0 cm³/mol. The molecule has 7 nitrogen and oxygen atoms in total. The first kappa shape index (κ1) is 20.2. The second-order valence-electron chi connectivity index (χ2n) is 6.25. The standard InChI is InChI=1S/C16H26N2O5S2/c1-3-24(19,20)11-10-23-14-4-6-15(7-5-14)25(21,22)18-16-12-17-9-8-13(16)2/h4-7,13,16-18H,3,8-12H2,1-2H3. The molecule has 0 aromatic heterocycles. The van der Waals surface area contributed by atoms with Crippen LogP contribution in [0.2, 0.25) is 0 Å². The maximum Gasteiger partial charge on any atom is 0.240 e. The van der Waals surface area contributed by atoms with Crippen molar-refractivity contribution in [3.8, 4) is 5.75 Å². The van der Waals surface area contributed by atoms with E-state index in [1.807, 2.05) is 6.92 Å². The summed E-state index contributed by atoms with van der Waals surface area (Å²) in [5.74, 6) is 0.739. The smallest absolute Gasteiger partial charge is 0.240 e. The summed E-state index contributed by atoms with van der Waals surface area (Å²) in [7, 11) is -6.68. The maximum absolute atomic E-state index is 12.5. The first-order valence-electron chi connectivity index (χ1n) is 8.40. The Morgan fingerprint density at radius 3 is 2.48 bits per heavy atom. The lowest BCUT2D eigenvalue weighted by Crippen LogP contribution is -2.50. The Hall–Kier alpha value is -1.16. The topological polar surface area (TPSA) is 102 Å². The quantitative estimate of drug-likeness (QED) is 0.680. The van der Waals surface area contributed by atoms with Crippen LogP contribution in [-0.4, -0.2) is 54.1 Å². The van der Waals surface area contributed by atoms with E-state index in [9.17, 15) is 16.8 Å². The average Bonchev–Trinajstić information content (AvgIpc) is 2.57. The van der Waals surface area contributed by atoms with Gasteiger partial charge in [-0.05, 0) is 43.1 Å². The minimum atomic E-state index is -3.60. The van der Waals surface area contributed by atoms with Crippen LogP contribution in [-0.2, 0) is 19.9 Å². The molecule has 25 heavy (non-hydrogen) atoms. The summed E-state index contributed by atoms with van der Waals surface area (Å²) in [6.45, 7) is 5.19. The predicted octanol–water partition coefficient (Wildman–Crippen LogP) is 0.776. The highest BCUT2D eigenvalue weighted by molar-refractivity contribution is 7.91. The maximum atomic E-state index is 12.5. The minimum absolute atomic E-state index is 0.0474. The van der Waals surface area contributed by atoms with Gasteiger partial charge in [0.05, 0.1) is 10.6 Å². The molecule has 2 rings (SSSR count). The normalized spacial score (nSPS) is 21.8. The van der Waals surface area contributed by atoms with Crippen molar-refractivity contribution in [3.05, 3.63) is 24.3 Å². The van der Waals surface area contributed by atoms with E-state index in [-0.39, 0.29) is 35.0 Å². The van der Waals surface area contributed by atoms with E-state index in [1.54, 1.807) is 6.92 Å². The molecular weight excluding hydrogens is 364 g/mol. The van der Waals surface area contributed by atoms with Crippen molar-refractivity contribution in [2.75, 3.05) is 31.2 Å². The van der Waals surface area contributed by atoms with Crippen LogP contribution < -0.4 is 14.8 Å². The number of sulfone groups is 1. The number of rotatable bonds is 8. The van der Waals surface area contributed by atoms with Crippen molar-refractivity contribution in [3.63, 3.8) is 0 Å². The summed E-state index contributed by atoms with van der Waals surface area (Å²) in [5, 5.41) is 3.19. The van der Waals surface area contributed by atoms with Gasteiger partial charge in [0.25, 0.3) is 0 Å². The van der Waals surface area contributed by atoms with E-state index in [4.69, 9.17) is 4.74 Å².